The van der Waals surface area contributed by atoms with Gasteiger partial charge in [-0.1, -0.05) is 24.3 Å². The molecule has 0 saturated carbocycles. The smallest absolute Gasteiger partial charge is 0.127 e. The van der Waals surface area contributed by atoms with Gasteiger partial charge in [0, 0.05) is 26.3 Å². The summed E-state index contributed by atoms with van der Waals surface area (Å²) >= 11 is 0. The molecular weight excluding hydrogens is 257 g/mol. The van der Waals surface area contributed by atoms with Crippen LogP contribution in [0.15, 0.2) is 42.5 Å². The molecule has 0 unspecified atom stereocenters. The monoisotopic (exact) mass is 275 g/mol. The summed E-state index contributed by atoms with van der Waals surface area (Å²) in [5, 5.41) is 12.6. The van der Waals surface area contributed by atoms with Crippen LogP contribution in [0.25, 0.3) is 0 Å². The maximum Gasteiger partial charge on any atom is 0.127 e. The molecule has 0 fully saturated rings. The summed E-state index contributed by atoms with van der Waals surface area (Å²) in [6.07, 6.45) is 0. The normalized spacial score (nSPS) is 10.7. The van der Waals surface area contributed by atoms with Crippen molar-refractivity contribution in [2.24, 2.45) is 0 Å². The van der Waals surface area contributed by atoms with Gasteiger partial charge < -0.3 is 15.2 Å². The lowest BCUT2D eigenvalue weighted by Gasteiger charge is -2.10. The average molecular weight is 275 g/mol. The first-order valence-corrected chi connectivity index (χ1v) is 6.44. The largest absolute Gasteiger partial charge is 0.508 e. The fourth-order valence-electron chi connectivity index (χ4n) is 2.10. The van der Waals surface area contributed by atoms with E-state index in [-0.39, 0.29) is 5.75 Å². The highest BCUT2D eigenvalue weighted by Crippen LogP contribution is 2.15. The van der Waals surface area contributed by atoms with Crippen molar-refractivity contribution in [1.82, 2.24) is 5.32 Å². The van der Waals surface area contributed by atoms with Crippen molar-refractivity contribution in [2.75, 3.05) is 7.11 Å². The minimum absolute atomic E-state index is 0.0541. The number of nitrogens with one attached hydrogen (secondary N) is 1. The van der Waals surface area contributed by atoms with Gasteiger partial charge in [0.1, 0.15) is 11.6 Å². The Hall–Kier alpha value is -1.91. The van der Waals surface area contributed by atoms with Gasteiger partial charge in [0.2, 0.25) is 0 Å². The van der Waals surface area contributed by atoms with Crippen LogP contribution in [-0.2, 0) is 24.4 Å². The Bertz CT molecular complexity index is 552. The molecule has 0 amide bonds. The van der Waals surface area contributed by atoms with Gasteiger partial charge in [-0.3, -0.25) is 0 Å². The van der Waals surface area contributed by atoms with E-state index in [1.54, 1.807) is 13.2 Å². The lowest BCUT2D eigenvalue weighted by molar-refractivity contribution is 0.184. The Morgan fingerprint density at radius 1 is 1.10 bits per heavy atom. The lowest BCUT2D eigenvalue weighted by Crippen LogP contribution is -2.14. The number of phenolic OH excluding ortho intramolecular Hbond substituents is 1. The van der Waals surface area contributed by atoms with E-state index < -0.39 is 5.82 Å². The fourth-order valence-corrected chi connectivity index (χ4v) is 2.10. The lowest BCUT2D eigenvalue weighted by atomic mass is 10.1. The van der Waals surface area contributed by atoms with E-state index in [9.17, 15) is 9.50 Å². The standard InChI is InChI=1S/C16H18FNO2/c1-20-11-14-5-3-2-4-13(14)10-18-9-12-6-15(17)8-16(19)7-12/h2-8,18-19H,9-11H2,1H3. The maximum atomic E-state index is 13.1. The van der Waals surface area contributed by atoms with Gasteiger partial charge in [0.25, 0.3) is 0 Å². The van der Waals surface area contributed by atoms with Crippen molar-refractivity contribution in [1.29, 1.82) is 0 Å². The quantitative estimate of drug-likeness (QED) is 0.851. The molecule has 0 aliphatic carbocycles. The van der Waals surface area contributed by atoms with Crippen LogP contribution in [-0.4, -0.2) is 12.2 Å². The second-order valence-electron chi connectivity index (χ2n) is 4.62. The van der Waals surface area contributed by atoms with E-state index in [2.05, 4.69) is 5.32 Å². The number of hydrogen-bond donors (Lipinski definition) is 2. The molecule has 0 aliphatic heterocycles. The van der Waals surface area contributed by atoms with Gasteiger partial charge in [-0.2, -0.15) is 0 Å². The summed E-state index contributed by atoms with van der Waals surface area (Å²) in [6, 6.07) is 12.1. The molecule has 0 radical (unpaired) electrons. The van der Waals surface area contributed by atoms with Crippen molar-refractivity contribution in [3.63, 3.8) is 0 Å². The van der Waals surface area contributed by atoms with E-state index in [1.165, 1.54) is 6.07 Å². The first-order chi connectivity index (χ1) is 9.69. The van der Waals surface area contributed by atoms with Crippen LogP contribution in [0.1, 0.15) is 16.7 Å². The molecule has 106 valence electrons. The Morgan fingerprint density at radius 3 is 2.55 bits per heavy atom. The fraction of sp³-hybridized carbons (Fsp3) is 0.250. The first kappa shape index (κ1) is 14.5. The number of hydrogen-bond acceptors (Lipinski definition) is 3. The maximum absolute atomic E-state index is 13.1. The highest BCUT2D eigenvalue weighted by Gasteiger charge is 2.03. The molecule has 2 aromatic carbocycles. The Kier molecular flexibility index (Phi) is 5.09. The second-order valence-corrected chi connectivity index (χ2v) is 4.62. The van der Waals surface area contributed by atoms with Crippen LogP contribution in [0, 0.1) is 5.82 Å². The zero-order chi connectivity index (χ0) is 14.4. The topological polar surface area (TPSA) is 41.5 Å². The van der Waals surface area contributed by atoms with Gasteiger partial charge >= 0.3 is 0 Å². The molecular formula is C16H18FNO2. The van der Waals surface area contributed by atoms with E-state index >= 15 is 0 Å². The summed E-state index contributed by atoms with van der Waals surface area (Å²) in [5.74, 6) is -0.483. The third-order valence-corrected chi connectivity index (χ3v) is 3.01. The third-order valence-electron chi connectivity index (χ3n) is 3.01. The van der Waals surface area contributed by atoms with Gasteiger partial charge in [-0.15, -0.1) is 0 Å². The first-order valence-electron chi connectivity index (χ1n) is 6.44. The number of rotatable bonds is 6. The number of phenols is 1. The van der Waals surface area contributed by atoms with Gasteiger partial charge in [0.05, 0.1) is 6.61 Å². The summed E-state index contributed by atoms with van der Waals surface area (Å²) in [4.78, 5) is 0. The molecule has 20 heavy (non-hydrogen) atoms. The van der Waals surface area contributed by atoms with E-state index in [0.717, 1.165) is 17.2 Å². The van der Waals surface area contributed by atoms with Crippen molar-refractivity contribution < 1.29 is 14.2 Å². The Balaban J connectivity index is 1.95. The summed E-state index contributed by atoms with van der Waals surface area (Å²) in [5.41, 5.74) is 2.99. The molecule has 0 aromatic heterocycles. The number of halogens is 1. The number of methoxy groups -OCH3 is 1. The molecule has 0 heterocycles. The molecule has 0 atom stereocenters. The zero-order valence-electron chi connectivity index (χ0n) is 11.4. The van der Waals surface area contributed by atoms with E-state index in [1.807, 2.05) is 24.3 Å². The molecule has 2 rings (SSSR count). The molecule has 0 spiro atoms. The predicted octanol–water partition coefficient (Wildman–Crippen LogP) is 2.97. The minimum Gasteiger partial charge on any atom is -0.508 e. The molecule has 2 aromatic rings. The van der Waals surface area contributed by atoms with Crippen LogP contribution in [0.3, 0.4) is 0 Å². The van der Waals surface area contributed by atoms with Crippen molar-refractivity contribution in [2.45, 2.75) is 19.7 Å². The molecule has 2 N–H and O–H groups in total. The summed E-state index contributed by atoms with van der Waals surface area (Å²) in [6.45, 7) is 1.72. The number of aromatic hydroxyl groups is 1. The van der Waals surface area contributed by atoms with Crippen LogP contribution in [0.4, 0.5) is 4.39 Å². The molecule has 0 bridgehead atoms. The van der Waals surface area contributed by atoms with Gasteiger partial charge in [-0.05, 0) is 28.8 Å². The average Bonchev–Trinajstić information content (AvgIpc) is 2.40. The number of ether oxygens (including phenoxy) is 1. The van der Waals surface area contributed by atoms with Crippen molar-refractivity contribution in [3.05, 3.63) is 65.0 Å². The molecule has 4 heteroatoms. The van der Waals surface area contributed by atoms with Gasteiger partial charge in [0.15, 0.2) is 0 Å². The second kappa shape index (κ2) is 7.03. The predicted molar refractivity (Wildman–Crippen MR) is 75.8 cm³/mol. The summed E-state index contributed by atoms with van der Waals surface area (Å²) in [7, 11) is 1.67. The Labute approximate surface area is 118 Å². The third kappa shape index (κ3) is 4.05. The van der Waals surface area contributed by atoms with E-state index in [4.69, 9.17) is 4.74 Å². The van der Waals surface area contributed by atoms with Crippen LogP contribution < -0.4 is 5.32 Å². The highest BCUT2D eigenvalue weighted by atomic mass is 19.1. The van der Waals surface area contributed by atoms with Gasteiger partial charge in [-0.25, -0.2) is 4.39 Å². The van der Waals surface area contributed by atoms with Crippen LogP contribution >= 0.6 is 0 Å². The number of benzene rings is 2. The van der Waals surface area contributed by atoms with Crippen LogP contribution in [0.2, 0.25) is 0 Å². The minimum atomic E-state index is -0.429. The SMILES string of the molecule is COCc1ccccc1CNCc1cc(O)cc(F)c1. The van der Waals surface area contributed by atoms with Crippen molar-refractivity contribution in [3.8, 4) is 5.75 Å². The van der Waals surface area contributed by atoms with E-state index in [0.29, 0.717) is 25.3 Å². The summed E-state index contributed by atoms with van der Waals surface area (Å²) < 4.78 is 18.3. The van der Waals surface area contributed by atoms with Crippen LogP contribution in [0.5, 0.6) is 5.75 Å². The zero-order valence-corrected chi connectivity index (χ0v) is 11.4. The molecule has 0 saturated heterocycles. The molecule has 0 aliphatic rings. The Morgan fingerprint density at radius 2 is 1.85 bits per heavy atom. The molecule has 3 nitrogen and oxygen atoms in total. The highest BCUT2D eigenvalue weighted by molar-refractivity contribution is 5.29. The van der Waals surface area contributed by atoms with Crippen molar-refractivity contribution >= 4 is 0 Å².